The van der Waals surface area contributed by atoms with E-state index in [4.69, 9.17) is 23.2 Å². The summed E-state index contributed by atoms with van der Waals surface area (Å²) >= 11 is 13.1. The van der Waals surface area contributed by atoms with E-state index in [9.17, 15) is 18.0 Å². The van der Waals surface area contributed by atoms with Gasteiger partial charge in [-0.3, -0.25) is 13.9 Å². The molecule has 0 spiro atoms. The molecule has 1 saturated carbocycles. The van der Waals surface area contributed by atoms with E-state index < -0.39 is 28.5 Å². The Morgan fingerprint density at radius 3 is 2.13 bits per heavy atom. The van der Waals surface area contributed by atoms with Crippen molar-refractivity contribution < 1.29 is 18.0 Å². The predicted octanol–water partition coefficient (Wildman–Crippen LogP) is 7.59. The maximum atomic E-state index is 14.7. The minimum Gasteiger partial charge on any atom is -0.352 e. The molecule has 0 aromatic heterocycles. The van der Waals surface area contributed by atoms with Crippen molar-refractivity contribution in [2.75, 3.05) is 10.8 Å². The molecule has 7 nitrogen and oxygen atoms in total. The first-order valence-corrected chi connectivity index (χ1v) is 18.0. The highest BCUT2D eigenvalue weighted by Crippen LogP contribution is 2.29. The van der Waals surface area contributed by atoms with Crippen LogP contribution in [0.15, 0.2) is 108 Å². The van der Waals surface area contributed by atoms with Gasteiger partial charge in [-0.05, 0) is 66.8 Å². The Morgan fingerprint density at radius 1 is 0.830 bits per heavy atom. The maximum absolute atomic E-state index is 14.7. The number of carbonyl (C=O) groups excluding carboxylic acids is 2. The van der Waals surface area contributed by atoms with Gasteiger partial charge in [-0.2, -0.15) is 0 Å². The van der Waals surface area contributed by atoms with E-state index in [0.29, 0.717) is 15.6 Å². The van der Waals surface area contributed by atoms with Gasteiger partial charge in [0.05, 0.1) is 10.6 Å². The lowest BCUT2D eigenvalue weighted by Gasteiger charge is -2.35. The zero-order chi connectivity index (χ0) is 33.4. The van der Waals surface area contributed by atoms with Crippen LogP contribution >= 0.6 is 23.2 Å². The predicted molar refractivity (Wildman–Crippen MR) is 188 cm³/mol. The first-order chi connectivity index (χ1) is 22.6. The molecule has 47 heavy (non-hydrogen) atoms. The molecule has 1 aliphatic carbocycles. The number of sulfonamides is 1. The second kappa shape index (κ2) is 15.8. The standard InChI is InChI=1S/C37H39Cl2N3O4S/c1-27-21-22-31(24-34(27)39)42(47(45,46)32-18-9-4-10-19-32)26-36(43)41(25-29-15-11-12-20-33(29)38)35(23-28-13-5-2-6-14-28)37(44)40-30-16-7-3-8-17-30/h2,4-6,9-15,18-22,24,30,35H,3,7-8,16-17,23,25-26H2,1H3,(H,40,44). The average molecular weight is 693 g/mol. The van der Waals surface area contributed by atoms with Gasteiger partial charge in [0.2, 0.25) is 11.8 Å². The van der Waals surface area contributed by atoms with Crippen molar-refractivity contribution in [3.63, 3.8) is 0 Å². The van der Waals surface area contributed by atoms with E-state index in [1.807, 2.05) is 43.3 Å². The minimum atomic E-state index is -4.22. The molecule has 246 valence electrons. The van der Waals surface area contributed by atoms with Gasteiger partial charge in [0.15, 0.2) is 0 Å². The molecule has 1 fully saturated rings. The molecular weight excluding hydrogens is 653 g/mol. The molecular formula is C37H39Cl2N3O4S. The van der Waals surface area contributed by atoms with Crippen LogP contribution in [-0.4, -0.2) is 43.8 Å². The third-order valence-electron chi connectivity index (χ3n) is 8.57. The van der Waals surface area contributed by atoms with Crippen molar-refractivity contribution in [3.05, 3.63) is 130 Å². The van der Waals surface area contributed by atoms with Crippen LogP contribution in [0.2, 0.25) is 10.0 Å². The van der Waals surface area contributed by atoms with Gasteiger partial charge in [0, 0.05) is 29.1 Å². The summed E-state index contributed by atoms with van der Waals surface area (Å²) in [5.74, 6) is -0.835. The molecule has 10 heteroatoms. The van der Waals surface area contributed by atoms with E-state index in [0.717, 1.165) is 47.5 Å². The third-order valence-corrected chi connectivity index (χ3v) is 11.1. The molecule has 4 aromatic rings. The number of aryl methyl sites for hydroxylation is 1. The first kappa shape index (κ1) is 34.5. The number of nitrogens with zero attached hydrogens (tertiary/aromatic N) is 2. The fraction of sp³-hybridized carbons (Fsp3) is 0.297. The van der Waals surface area contributed by atoms with Gasteiger partial charge in [-0.1, -0.05) is 115 Å². The van der Waals surface area contributed by atoms with E-state index in [1.54, 1.807) is 54.6 Å². The number of anilines is 1. The number of amides is 2. The number of rotatable bonds is 12. The fourth-order valence-electron chi connectivity index (χ4n) is 5.89. The summed E-state index contributed by atoms with van der Waals surface area (Å²) in [7, 11) is -4.22. The van der Waals surface area contributed by atoms with Gasteiger partial charge >= 0.3 is 0 Å². The molecule has 0 saturated heterocycles. The van der Waals surface area contributed by atoms with Crippen LogP contribution < -0.4 is 9.62 Å². The Bertz CT molecular complexity index is 1780. The van der Waals surface area contributed by atoms with Gasteiger partial charge in [-0.15, -0.1) is 0 Å². The summed E-state index contributed by atoms with van der Waals surface area (Å²) in [6.07, 6.45) is 5.17. The Labute approximate surface area is 287 Å². The number of hydrogen-bond donors (Lipinski definition) is 1. The zero-order valence-electron chi connectivity index (χ0n) is 26.3. The van der Waals surface area contributed by atoms with E-state index in [2.05, 4.69) is 5.32 Å². The molecule has 4 aromatic carbocycles. The number of nitrogens with one attached hydrogen (secondary N) is 1. The lowest BCUT2D eigenvalue weighted by molar-refractivity contribution is -0.140. The molecule has 0 bridgehead atoms. The molecule has 2 amide bonds. The fourth-order valence-corrected chi connectivity index (χ4v) is 7.69. The summed E-state index contributed by atoms with van der Waals surface area (Å²) in [5.41, 5.74) is 2.51. The Balaban J connectivity index is 1.58. The number of benzene rings is 4. The van der Waals surface area contributed by atoms with Crippen LogP contribution in [0, 0.1) is 6.92 Å². The van der Waals surface area contributed by atoms with Crippen molar-refractivity contribution in [1.82, 2.24) is 10.2 Å². The van der Waals surface area contributed by atoms with Crippen LogP contribution in [0.4, 0.5) is 5.69 Å². The van der Waals surface area contributed by atoms with Crippen molar-refractivity contribution in [2.24, 2.45) is 0 Å². The molecule has 0 heterocycles. The van der Waals surface area contributed by atoms with Gasteiger partial charge < -0.3 is 10.2 Å². The summed E-state index contributed by atoms with van der Waals surface area (Å²) < 4.78 is 29.4. The van der Waals surface area contributed by atoms with Crippen LogP contribution in [0.25, 0.3) is 0 Å². The number of hydrogen-bond acceptors (Lipinski definition) is 4. The summed E-state index contributed by atoms with van der Waals surface area (Å²) in [6.45, 7) is 1.25. The highest BCUT2D eigenvalue weighted by atomic mass is 35.5. The molecule has 5 rings (SSSR count). The minimum absolute atomic E-state index is 0.00196. The Hall–Kier alpha value is -3.85. The third kappa shape index (κ3) is 8.74. The Morgan fingerprint density at radius 2 is 1.47 bits per heavy atom. The summed E-state index contributed by atoms with van der Waals surface area (Å²) in [5, 5.41) is 4.02. The quantitative estimate of drug-likeness (QED) is 0.166. The highest BCUT2D eigenvalue weighted by Gasteiger charge is 2.35. The largest absolute Gasteiger partial charge is 0.352 e. The number of halogens is 2. The average Bonchev–Trinajstić information content (AvgIpc) is 3.08. The summed E-state index contributed by atoms with van der Waals surface area (Å²) in [4.78, 5) is 30.4. The summed E-state index contributed by atoms with van der Waals surface area (Å²) in [6, 6.07) is 28.6. The van der Waals surface area contributed by atoms with E-state index in [-0.39, 0.29) is 35.5 Å². The monoisotopic (exact) mass is 691 g/mol. The van der Waals surface area contributed by atoms with Crippen LogP contribution in [0.1, 0.15) is 48.8 Å². The van der Waals surface area contributed by atoms with Gasteiger partial charge in [0.25, 0.3) is 10.0 Å². The van der Waals surface area contributed by atoms with Crippen LogP contribution in [0.5, 0.6) is 0 Å². The molecule has 0 aliphatic heterocycles. The van der Waals surface area contributed by atoms with Crippen molar-refractivity contribution >= 4 is 50.7 Å². The SMILES string of the molecule is Cc1ccc(N(CC(=O)N(Cc2ccccc2Cl)C(Cc2ccccc2)C(=O)NC2CCCCC2)S(=O)(=O)c2ccccc2)cc1Cl. The van der Waals surface area contributed by atoms with Gasteiger partial charge in [0.1, 0.15) is 12.6 Å². The lowest BCUT2D eigenvalue weighted by atomic mass is 9.94. The molecule has 1 atom stereocenters. The molecule has 1 aliphatic rings. The van der Waals surface area contributed by atoms with Crippen molar-refractivity contribution in [1.29, 1.82) is 0 Å². The van der Waals surface area contributed by atoms with Gasteiger partial charge in [-0.25, -0.2) is 8.42 Å². The second-order valence-electron chi connectivity index (χ2n) is 11.9. The van der Waals surface area contributed by atoms with Crippen molar-refractivity contribution in [3.8, 4) is 0 Å². The second-order valence-corrected chi connectivity index (χ2v) is 14.6. The normalized spacial score (nSPS) is 14.3. The first-order valence-electron chi connectivity index (χ1n) is 15.8. The topological polar surface area (TPSA) is 86.8 Å². The van der Waals surface area contributed by atoms with Crippen LogP contribution in [-0.2, 0) is 32.6 Å². The Kier molecular flexibility index (Phi) is 11.6. The zero-order valence-corrected chi connectivity index (χ0v) is 28.6. The molecule has 0 radical (unpaired) electrons. The van der Waals surface area contributed by atoms with E-state index >= 15 is 0 Å². The van der Waals surface area contributed by atoms with Crippen LogP contribution in [0.3, 0.4) is 0 Å². The molecule has 1 unspecified atom stereocenters. The lowest BCUT2D eigenvalue weighted by Crippen LogP contribution is -2.55. The maximum Gasteiger partial charge on any atom is 0.264 e. The highest BCUT2D eigenvalue weighted by molar-refractivity contribution is 7.92. The smallest absolute Gasteiger partial charge is 0.264 e. The number of carbonyl (C=O) groups is 2. The molecule has 1 N–H and O–H groups in total. The van der Waals surface area contributed by atoms with E-state index in [1.165, 1.54) is 17.0 Å². The van der Waals surface area contributed by atoms with Crippen molar-refractivity contribution in [2.45, 2.75) is 69.0 Å².